The van der Waals surface area contributed by atoms with E-state index < -0.39 is 0 Å². The molecule has 84 valence electrons. The van der Waals surface area contributed by atoms with E-state index in [1.165, 1.54) is 29.7 Å². The summed E-state index contributed by atoms with van der Waals surface area (Å²) >= 11 is 0. The van der Waals surface area contributed by atoms with Crippen LogP contribution in [0.4, 0.5) is 0 Å². The van der Waals surface area contributed by atoms with E-state index in [1.807, 2.05) is 13.1 Å². The van der Waals surface area contributed by atoms with Gasteiger partial charge in [-0.15, -0.1) is 0 Å². The van der Waals surface area contributed by atoms with Crippen LogP contribution in [0.2, 0.25) is 0 Å². The molecule has 1 aliphatic carbocycles. The van der Waals surface area contributed by atoms with Gasteiger partial charge in [-0.3, -0.25) is 0 Å². The average molecular weight is 215 g/mol. The summed E-state index contributed by atoms with van der Waals surface area (Å²) in [5, 5.41) is 0. The first-order chi connectivity index (χ1) is 7.74. The van der Waals surface area contributed by atoms with E-state index in [4.69, 9.17) is 5.73 Å². The predicted molar refractivity (Wildman–Crippen MR) is 64.5 cm³/mol. The highest BCUT2D eigenvalue weighted by Crippen LogP contribution is 2.39. The molecular weight excluding hydrogens is 198 g/mol. The summed E-state index contributed by atoms with van der Waals surface area (Å²) in [4.78, 5) is 4.51. The smallest absolute Gasteiger partial charge is 0.116 e. The largest absolute Gasteiger partial charge is 0.328 e. The molecule has 3 rings (SSSR count). The molecule has 0 saturated heterocycles. The lowest BCUT2D eigenvalue weighted by molar-refractivity contribution is 0.733. The molecule has 1 atom stereocenters. The van der Waals surface area contributed by atoms with Crippen molar-refractivity contribution in [1.29, 1.82) is 0 Å². The van der Waals surface area contributed by atoms with E-state index in [2.05, 4.69) is 27.7 Å². The minimum atomic E-state index is 0.213. The Labute approximate surface area is 95.3 Å². The second-order valence-electron chi connectivity index (χ2n) is 4.90. The third kappa shape index (κ3) is 1.71. The van der Waals surface area contributed by atoms with Gasteiger partial charge in [-0.25, -0.2) is 4.98 Å². The van der Waals surface area contributed by atoms with Crippen molar-refractivity contribution >= 4 is 5.52 Å². The SMILES string of the molecule is CC(N)Cc1ccc2cnc(C3CC3)n2c1. The molecular formula is C13H17N3. The van der Waals surface area contributed by atoms with E-state index in [0.29, 0.717) is 5.92 Å². The van der Waals surface area contributed by atoms with Crippen LogP contribution in [-0.2, 0) is 6.42 Å². The van der Waals surface area contributed by atoms with Gasteiger partial charge in [0.25, 0.3) is 0 Å². The van der Waals surface area contributed by atoms with Crippen LogP contribution >= 0.6 is 0 Å². The van der Waals surface area contributed by atoms with Crippen LogP contribution < -0.4 is 5.73 Å². The van der Waals surface area contributed by atoms with Crippen molar-refractivity contribution in [3.8, 4) is 0 Å². The Hall–Kier alpha value is -1.35. The number of rotatable bonds is 3. The van der Waals surface area contributed by atoms with Crippen molar-refractivity contribution in [2.24, 2.45) is 5.73 Å². The van der Waals surface area contributed by atoms with Crippen molar-refractivity contribution in [2.75, 3.05) is 0 Å². The molecule has 0 spiro atoms. The molecule has 1 aliphatic rings. The number of fused-ring (bicyclic) bond motifs is 1. The molecule has 1 unspecified atom stereocenters. The van der Waals surface area contributed by atoms with E-state index in [-0.39, 0.29) is 6.04 Å². The molecule has 2 aromatic rings. The van der Waals surface area contributed by atoms with Crippen molar-refractivity contribution in [2.45, 2.75) is 38.1 Å². The summed E-state index contributed by atoms with van der Waals surface area (Å²) in [6.45, 7) is 2.04. The normalized spacial score (nSPS) is 17.9. The van der Waals surface area contributed by atoms with E-state index >= 15 is 0 Å². The number of aromatic nitrogens is 2. The van der Waals surface area contributed by atoms with Gasteiger partial charge in [0, 0.05) is 18.2 Å². The molecule has 2 N–H and O–H groups in total. The van der Waals surface area contributed by atoms with Crippen LogP contribution in [0.3, 0.4) is 0 Å². The fourth-order valence-electron chi connectivity index (χ4n) is 2.19. The highest BCUT2D eigenvalue weighted by molar-refractivity contribution is 5.48. The highest BCUT2D eigenvalue weighted by atomic mass is 15.0. The van der Waals surface area contributed by atoms with Crippen molar-refractivity contribution < 1.29 is 0 Å². The van der Waals surface area contributed by atoms with E-state index in [0.717, 1.165) is 6.42 Å². The molecule has 0 aliphatic heterocycles. The highest BCUT2D eigenvalue weighted by Gasteiger charge is 2.27. The standard InChI is InChI=1S/C13H17N3/c1-9(14)6-10-2-5-12-7-15-13(11-3-4-11)16(12)8-10/h2,5,7-9,11H,3-4,6,14H2,1H3. The molecule has 1 fully saturated rings. The summed E-state index contributed by atoms with van der Waals surface area (Å²) in [5.41, 5.74) is 8.31. The Balaban J connectivity index is 2.03. The summed E-state index contributed by atoms with van der Waals surface area (Å²) in [7, 11) is 0. The van der Waals surface area contributed by atoms with Crippen LogP contribution in [-0.4, -0.2) is 15.4 Å². The van der Waals surface area contributed by atoms with Gasteiger partial charge in [0.05, 0.1) is 11.7 Å². The Morgan fingerprint density at radius 1 is 1.50 bits per heavy atom. The zero-order chi connectivity index (χ0) is 11.1. The summed E-state index contributed by atoms with van der Waals surface area (Å²) in [5.74, 6) is 1.91. The molecule has 0 amide bonds. The summed E-state index contributed by atoms with van der Waals surface area (Å²) < 4.78 is 2.23. The number of hydrogen-bond acceptors (Lipinski definition) is 2. The maximum absolute atomic E-state index is 5.83. The fourth-order valence-corrected chi connectivity index (χ4v) is 2.19. The van der Waals surface area contributed by atoms with E-state index in [1.54, 1.807) is 0 Å². The minimum absolute atomic E-state index is 0.213. The molecule has 3 heteroatoms. The second kappa shape index (κ2) is 3.59. The van der Waals surface area contributed by atoms with Crippen LogP contribution in [0.1, 0.15) is 37.1 Å². The maximum Gasteiger partial charge on any atom is 0.116 e. The van der Waals surface area contributed by atoms with Crippen molar-refractivity contribution in [3.05, 3.63) is 35.9 Å². The quantitative estimate of drug-likeness (QED) is 0.852. The second-order valence-corrected chi connectivity index (χ2v) is 4.90. The van der Waals surface area contributed by atoms with Crippen molar-refractivity contribution in [3.63, 3.8) is 0 Å². The maximum atomic E-state index is 5.83. The van der Waals surface area contributed by atoms with Crippen LogP contribution in [0.25, 0.3) is 5.52 Å². The first kappa shape index (κ1) is 9.85. The van der Waals surface area contributed by atoms with Gasteiger partial charge in [0.1, 0.15) is 5.82 Å². The zero-order valence-electron chi connectivity index (χ0n) is 9.56. The molecule has 3 nitrogen and oxygen atoms in total. The molecule has 0 aromatic carbocycles. The number of nitrogens with two attached hydrogens (primary N) is 1. The lowest BCUT2D eigenvalue weighted by atomic mass is 10.1. The van der Waals surface area contributed by atoms with Crippen molar-refractivity contribution in [1.82, 2.24) is 9.38 Å². The molecule has 2 aromatic heterocycles. The zero-order valence-corrected chi connectivity index (χ0v) is 9.56. The first-order valence-corrected chi connectivity index (χ1v) is 5.95. The number of pyridine rings is 1. The summed E-state index contributed by atoms with van der Waals surface area (Å²) in [6.07, 6.45) is 7.66. The Morgan fingerprint density at radius 2 is 2.31 bits per heavy atom. The van der Waals surface area contributed by atoms with Gasteiger partial charge in [-0.1, -0.05) is 6.07 Å². The molecule has 16 heavy (non-hydrogen) atoms. The van der Waals surface area contributed by atoms with Gasteiger partial charge >= 0.3 is 0 Å². The van der Waals surface area contributed by atoms with Crippen LogP contribution in [0.5, 0.6) is 0 Å². The third-order valence-corrected chi connectivity index (χ3v) is 3.12. The number of nitrogens with zero attached hydrogens (tertiary/aromatic N) is 2. The van der Waals surface area contributed by atoms with Gasteiger partial charge in [0.15, 0.2) is 0 Å². The van der Waals surface area contributed by atoms with Gasteiger partial charge in [-0.2, -0.15) is 0 Å². The fraction of sp³-hybridized carbons (Fsp3) is 0.462. The molecule has 1 saturated carbocycles. The van der Waals surface area contributed by atoms with Gasteiger partial charge < -0.3 is 10.1 Å². The Morgan fingerprint density at radius 3 is 3.00 bits per heavy atom. The molecule has 0 radical (unpaired) electrons. The number of imidazole rings is 1. The molecule has 2 heterocycles. The lowest BCUT2D eigenvalue weighted by Crippen LogP contribution is -2.18. The Kier molecular flexibility index (Phi) is 2.21. The topological polar surface area (TPSA) is 43.3 Å². The predicted octanol–water partition coefficient (Wildman–Crippen LogP) is 2.10. The monoisotopic (exact) mass is 215 g/mol. The number of hydrogen-bond donors (Lipinski definition) is 1. The lowest BCUT2D eigenvalue weighted by Gasteiger charge is -2.07. The first-order valence-electron chi connectivity index (χ1n) is 5.95. The summed E-state index contributed by atoms with van der Waals surface area (Å²) in [6, 6.07) is 4.50. The minimum Gasteiger partial charge on any atom is -0.328 e. The third-order valence-electron chi connectivity index (χ3n) is 3.12. The van der Waals surface area contributed by atoms with Gasteiger partial charge in [0.2, 0.25) is 0 Å². The van der Waals surface area contributed by atoms with Crippen LogP contribution in [0, 0.1) is 0 Å². The average Bonchev–Trinajstić information content (AvgIpc) is 2.98. The van der Waals surface area contributed by atoms with Gasteiger partial charge in [-0.05, 0) is 37.8 Å². The molecule has 0 bridgehead atoms. The Bertz CT molecular complexity index is 509. The van der Waals surface area contributed by atoms with Crippen LogP contribution in [0.15, 0.2) is 24.5 Å². The van der Waals surface area contributed by atoms with E-state index in [9.17, 15) is 0 Å².